The molecule has 0 aromatic carbocycles. The summed E-state index contributed by atoms with van der Waals surface area (Å²) in [5.41, 5.74) is 1.46. The average molecular weight is 315 g/mol. The minimum atomic E-state index is -0.840. The fraction of sp³-hybridized carbons (Fsp3) is 0.214. The standard InChI is InChI=1S/C14H13N5O2S/c1-2-10(14(20)21)22-12-4-3-11-16-17-13(19(11)18-12)9-5-7-15-8-6-9/h3-8,10H,2H2,1H3,(H,20,21). The van der Waals surface area contributed by atoms with Crippen LogP contribution >= 0.6 is 11.8 Å². The summed E-state index contributed by atoms with van der Waals surface area (Å²) in [6.07, 6.45) is 3.87. The lowest BCUT2D eigenvalue weighted by Crippen LogP contribution is -2.15. The molecule has 3 heterocycles. The summed E-state index contributed by atoms with van der Waals surface area (Å²) in [6, 6.07) is 7.19. The molecule has 0 saturated carbocycles. The molecule has 8 heteroatoms. The Balaban J connectivity index is 2.00. The number of fused-ring (bicyclic) bond motifs is 1. The number of nitrogens with zero attached hydrogens (tertiary/aromatic N) is 5. The van der Waals surface area contributed by atoms with Crippen molar-refractivity contribution < 1.29 is 9.90 Å². The van der Waals surface area contributed by atoms with Crippen LogP contribution in [-0.2, 0) is 4.79 Å². The van der Waals surface area contributed by atoms with Gasteiger partial charge in [0.25, 0.3) is 0 Å². The molecule has 3 aromatic heterocycles. The van der Waals surface area contributed by atoms with Crippen molar-refractivity contribution in [2.24, 2.45) is 0 Å². The summed E-state index contributed by atoms with van der Waals surface area (Å²) in [4.78, 5) is 15.1. The van der Waals surface area contributed by atoms with Gasteiger partial charge < -0.3 is 5.11 Å². The lowest BCUT2D eigenvalue weighted by Gasteiger charge is -2.08. The SMILES string of the molecule is CCC(Sc1ccc2nnc(-c3ccncc3)n2n1)C(=O)O. The van der Waals surface area contributed by atoms with Crippen molar-refractivity contribution in [1.29, 1.82) is 0 Å². The van der Waals surface area contributed by atoms with Crippen LogP contribution in [0.3, 0.4) is 0 Å². The van der Waals surface area contributed by atoms with E-state index in [0.717, 1.165) is 5.56 Å². The summed E-state index contributed by atoms with van der Waals surface area (Å²) in [5, 5.41) is 21.9. The maximum absolute atomic E-state index is 11.1. The van der Waals surface area contributed by atoms with Gasteiger partial charge in [0.2, 0.25) is 0 Å². The highest BCUT2D eigenvalue weighted by atomic mass is 32.2. The van der Waals surface area contributed by atoms with E-state index in [-0.39, 0.29) is 0 Å². The molecule has 0 bridgehead atoms. The first kappa shape index (κ1) is 14.5. The van der Waals surface area contributed by atoms with Gasteiger partial charge in [-0.3, -0.25) is 9.78 Å². The predicted octanol–water partition coefficient (Wildman–Crippen LogP) is 2.14. The lowest BCUT2D eigenvalue weighted by molar-refractivity contribution is -0.136. The molecule has 1 atom stereocenters. The van der Waals surface area contributed by atoms with Gasteiger partial charge >= 0.3 is 5.97 Å². The smallest absolute Gasteiger partial charge is 0.317 e. The van der Waals surface area contributed by atoms with Gasteiger partial charge in [0.15, 0.2) is 11.5 Å². The number of carboxylic acid groups (broad SMARTS) is 1. The number of carboxylic acids is 1. The van der Waals surface area contributed by atoms with Crippen molar-refractivity contribution in [1.82, 2.24) is 24.8 Å². The molecular formula is C14H13N5O2S. The van der Waals surface area contributed by atoms with E-state index in [1.165, 1.54) is 11.8 Å². The second-order valence-electron chi connectivity index (χ2n) is 4.55. The topological polar surface area (TPSA) is 93.3 Å². The molecule has 3 rings (SSSR count). The summed E-state index contributed by atoms with van der Waals surface area (Å²) in [6.45, 7) is 1.84. The van der Waals surface area contributed by atoms with Gasteiger partial charge in [-0.25, -0.2) is 0 Å². The van der Waals surface area contributed by atoms with E-state index in [1.54, 1.807) is 29.0 Å². The first-order chi connectivity index (χ1) is 10.7. The Hall–Kier alpha value is -2.48. The molecule has 0 amide bonds. The Labute approximate surface area is 130 Å². The third-order valence-corrected chi connectivity index (χ3v) is 4.36. The third-order valence-electron chi connectivity index (χ3n) is 3.09. The van der Waals surface area contributed by atoms with Crippen molar-refractivity contribution in [3.05, 3.63) is 36.7 Å². The minimum Gasteiger partial charge on any atom is -0.480 e. The van der Waals surface area contributed by atoms with E-state index >= 15 is 0 Å². The number of aromatic nitrogens is 5. The van der Waals surface area contributed by atoms with Crippen molar-refractivity contribution in [2.75, 3.05) is 0 Å². The first-order valence-corrected chi connectivity index (χ1v) is 7.59. The van der Waals surface area contributed by atoms with Gasteiger partial charge in [0, 0.05) is 18.0 Å². The van der Waals surface area contributed by atoms with Gasteiger partial charge in [-0.05, 0) is 30.7 Å². The van der Waals surface area contributed by atoms with Gasteiger partial charge in [-0.1, -0.05) is 18.7 Å². The van der Waals surface area contributed by atoms with Crippen molar-refractivity contribution in [3.8, 4) is 11.4 Å². The van der Waals surface area contributed by atoms with Gasteiger partial charge in [-0.2, -0.15) is 9.61 Å². The van der Waals surface area contributed by atoms with Crippen LogP contribution in [0.5, 0.6) is 0 Å². The van der Waals surface area contributed by atoms with Gasteiger partial charge in [0.05, 0.1) is 0 Å². The van der Waals surface area contributed by atoms with Crippen molar-refractivity contribution in [3.63, 3.8) is 0 Å². The van der Waals surface area contributed by atoms with Crippen LogP contribution in [0.15, 0.2) is 41.7 Å². The predicted molar refractivity (Wildman–Crippen MR) is 81.6 cm³/mol. The summed E-state index contributed by atoms with van der Waals surface area (Å²) >= 11 is 1.22. The highest BCUT2D eigenvalue weighted by molar-refractivity contribution is 8.00. The highest BCUT2D eigenvalue weighted by Gasteiger charge is 2.18. The summed E-state index contributed by atoms with van der Waals surface area (Å²) in [5.74, 6) is -0.240. The zero-order valence-corrected chi connectivity index (χ0v) is 12.6. The number of aliphatic carboxylic acids is 1. The minimum absolute atomic E-state index is 0.522. The average Bonchev–Trinajstić information content (AvgIpc) is 2.96. The Kier molecular flexibility index (Phi) is 4.01. The van der Waals surface area contributed by atoms with E-state index in [9.17, 15) is 4.79 Å². The molecule has 0 spiro atoms. The number of hydrogen-bond donors (Lipinski definition) is 1. The Morgan fingerprint density at radius 3 is 2.73 bits per heavy atom. The fourth-order valence-electron chi connectivity index (χ4n) is 1.97. The zero-order chi connectivity index (χ0) is 15.5. The molecule has 7 nitrogen and oxygen atoms in total. The Morgan fingerprint density at radius 2 is 2.05 bits per heavy atom. The molecular weight excluding hydrogens is 302 g/mol. The lowest BCUT2D eigenvalue weighted by atomic mass is 10.2. The van der Waals surface area contributed by atoms with Crippen LogP contribution in [0, 0.1) is 0 Å². The van der Waals surface area contributed by atoms with Crippen LogP contribution in [0.4, 0.5) is 0 Å². The van der Waals surface area contributed by atoms with E-state index < -0.39 is 11.2 Å². The Morgan fingerprint density at radius 1 is 1.27 bits per heavy atom. The monoisotopic (exact) mass is 315 g/mol. The number of pyridine rings is 1. The largest absolute Gasteiger partial charge is 0.480 e. The third kappa shape index (κ3) is 2.77. The summed E-state index contributed by atoms with van der Waals surface area (Å²) < 4.78 is 1.62. The molecule has 22 heavy (non-hydrogen) atoms. The molecule has 0 aliphatic carbocycles. The summed E-state index contributed by atoms with van der Waals surface area (Å²) in [7, 11) is 0. The molecule has 0 aliphatic heterocycles. The zero-order valence-electron chi connectivity index (χ0n) is 11.7. The van der Waals surface area contributed by atoms with Crippen LogP contribution in [0.25, 0.3) is 17.0 Å². The molecule has 0 fully saturated rings. The number of thioether (sulfide) groups is 1. The van der Waals surface area contributed by atoms with Gasteiger partial charge in [-0.15, -0.1) is 10.2 Å². The molecule has 3 aromatic rings. The number of carbonyl (C=O) groups is 1. The van der Waals surface area contributed by atoms with E-state index in [4.69, 9.17) is 5.11 Å². The van der Waals surface area contributed by atoms with Crippen LogP contribution < -0.4 is 0 Å². The maximum atomic E-state index is 11.1. The van der Waals surface area contributed by atoms with E-state index in [0.29, 0.717) is 22.9 Å². The van der Waals surface area contributed by atoms with Crippen LogP contribution in [0.1, 0.15) is 13.3 Å². The van der Waals surface area contributed by atoms with Crippen molar-refractivity contribution >= 4 is 23.4 Å². The molecule has 112 valence electrons. The first-order valence-electron chi connectivity index (χ1n) is 6.71. The maximum Gasteiger partial charge on any atom is 0.317 e. The molecule has 0 radical (unpaired) electrons. The Bertz CT molecular complexity index is 805. The van der Waals surface area contributed by atoms with Gasteiger partial charge in [0.1, 0.15) is 10.3 Å². The highest BCUT2D eigenvalue weighted by Crippen LogP contribution is 2.25. The van der Waals surface area contributed by atoms with E-state index in [1.807, 2.05) is 19.1 Å². The van der Waals surface area contributed by atoms with E-state index in [2.05, 4.69) is 20.3 Å². The second-order valence-corrected chi connectivity index (χ2v) is 5.78. The molecule has 1 N–H and O–H groups in total. The van der Waals surface area contributed by atoms with Crippen molar-refractivity contribution in [2.45, 2.75) is 23.6 Å². The molecule has 0 saturated heterocycles. The van der Waals surface area contributed by atoms with Crippen LogP contribution in [-0.4, -0.2) is 41.1 Å². The second kappa shape index (κ2) is 6.10. The number of hydrogen-bond acceptors (Lipinski definition) is 6. The quantitative estimate of drug-likeness (QED) is 0.721. The normalized spacial score (nSPS) is 12.4. The number of rotatable bonds is 5. The molecule has 0 aliphatic rings. The van der Waals surface area contributed by atoms with Crippen LogP contribution in [0.2, 0.25) is 0 Å². The fourth-order valence-corrected chi connectivity index (χ4v) is 2.80. The molecule has 1 unspecified atom stereocenters.